The van der Waals surface area contributed by atoms with Crippen LogP contribution in [0.15, 0.2) is 0 Å². The Hall–Kier alpha value is -1.10. The monoisotopic (exact) mass is 202 g/mol. The maximum absolute atomic E-state index is 11.3. The molecule has 0 aromatic carbocycles. The first-order chi connectivity index (χ1) is 6.38. The fourth-order valence-electron chi connectivity index (χ4n) is 0.684. The minimum atomic E-state index is -0.489. The topological polar surface area (TPSA) is 78.4 Å². The van der Waals surface area contributed by atoms with Crippen molar-refractivity contribution >= 4 is 11.8 Å². The van der Waals surface area contributed by atoms with Crippen LogP contribution in [0.4, 0.5) is 0 Å². The summed E-state index contributed by atoms with van der Waals surface area (Å²) in [5.74, 6) is -0.465. The number of aliphatic hydroxyl groups is 1. The van der Waals surface area contributed by atoms with Crippen LogP contribution in [0.2, 0.25) is 0 Å². The third-order valence-corrected chi connectivity index (χ3v) is 1.52. The van der Waals surface area contributed by atoms with Crippen molar-refractivity contribution in [3.63, 3.8) is 0 Å². The van der Waals surface area contributed by atoms with E-state index in [0.29, 0.717) is 0 Å². The largest absolute Gasteiger partial charge is 0.395 e. The van der Waals surface area contributed by atoms with Gasteiger partial charge in [0.1, 0.15) is 0 Å². The number of carbonyl (C=O) groups excluding carboxylic acids is 2. The van der Waals surface area contributed by atoms with E-state index in [9.17, 15) is 9.59 Å². The van der Waals surface area contributed by atoms with E-state index in [1.165, 1.54) is 0 Å². The molecule has 14 heavy (non-hydrogen) atoms. The quantitative estimate of drug-likeness (QED) is 0.561. The zero-order valence-electron chi connectivity index (χ0n) is 8.89. The Morgan fingerprint density at radius 1 is 1.21 bits per heavy atom. The Kier molecular flexibility index (Phi) is 5.15. The molecule has 0 saturated carbocycles. The Balaban J connectivity index is 3.73. The molecule has 0 rings (SSSR count). The number of hydrogen-bond acceptors (Lipinski definition) is 3. The predicted octanol–water partition coefficient (Wildman–Crippen LogP) is -0.743. The normalized spacial score (nSPS) is 10.9. The lowest BCUT2D eigenvalue weighted by atomic mass is 9.96. The highest BCUT2D eigenvalue weighted by molar-refractivity contribution is 5.87. The molecular formula is C9H18N2O3. The van der Waals surface area contributed by atoms with Crippen molar-refractivity contribution in [2.24, 2.45) is 5.41 Å². The summed E-state index contributed by atoms with van der Waals surface area (Å²) in [7, 11) is 0. The van der Waals surface area contributed by atoms with Crippen molar-refractivity contribution in [3.8, 4) is 0 Å². The summed E-state index contributed by atoms with van der Waals surface area (Å²) >= 11 is 0. The van der Waals surface area contributed by atoms with Crippen molar-refractivity contribution in [1.29, 1.82) is 0 Å². The molecule has 0 spiro atoms. The molecular weight excluding hydrogens is 184 g/mol. The fourth-order valence-corrected chi connectivity index (χ4v) is 0.684. The maximum Gasteiger partial charge on any atom is 0.239 e. The van der Waals surface area contributed by atoms with Gasteiger partial charge in [0.25, 0.3) is 0 Å². The summed E-state index contributed by atoms with van der Waals surface area (Å²) in [4.78, 5) is 22.3. The van der Waals surface area contributed by atoms with Gasteiger partial charge in [-0.15, -0.1) is 0 Å². The fraction of sp³-hybridized carbons (Fsp3) is 0.778. The molecule has 0 bridgehead atoms. The van der Waals surface area contributed by atoms with Crippen molar-refractivity contribution < 1.29 is 14.7 Å². The third kappa shape index (κ3) is 5.53. The van der Waals surface area contributed by atoms with Crippen LogP contribution in [0.25, 0.3) is 0 Å². The van der Waals surface area contributed by atoms with Gasteiger partial charge < -0.3 is 15.7 Å². The van der Waals surface area contributed by atoms with Gasteiger partial charge >= 0.3 is 0 Å². The van der Waals surface area contributed by atoms with Gasteiger partial charge in [0, 0.05) is 12.0 Å². The molecule has 0 fully saturated rings. The van der Waals surface area contributed by atoms with Gasteiger partial charge in [-0.05, 0) is 0 Å². The summed E-state index contributed by atoms with van der Waals surface area (Å²) in [6.45, 7) is 5.38. The van der Waals surface area contributed by atoms with E-state index in [1.807, 2.05) is 0 Å². The van der Waals surface area contributed by atoms with Crippen LogP contribution in [0.3, 0.4) is 0 Å². The van der Waals surface area contributed by atoms with Crippen LogP contribution in [0.5, 0.6) is 0 Å². The number of aliphatic hydroxyl groups excluding tert-OH is 1. The summed E-state index contributed by atoms with van der Waals surface area (Å²) < 4.78 is 0. The molecule has 0 saturated heterocycles. The van der Waals surface area contributed by atoms with E-state index in [1.54, 1.807) is 20.8 Å². The summed E-state index contributed by atoms with van der Waals surface area (Å²) in [5.41, 5.74) is -0.489. The van der Waals surface area contributed by atoms with Gasteiger partial charge in [-0.25, -0.2) is 0 Å². The zero-order chi connectivity index (χ0) is 11.2. The molecule has 2 amide bonds. The minimum absolute atomic E-state index is 0.0455. The zero-order valence-corrected chi connectivity index (χ0v) is 8.89. The van der Waals surface area contributed by atoms with Gasteiger partial charge in [0.2, 0.25) is 11.8 Å². The summed E-state index contributed by atoms with van der Waals surface area (Å²) in [6, 6.07) is 0. The first kappa shape index (κ1) is 12.9. The molecule has 0 aliphatic rings. The van der Waals surface area contributed by atoms with Crippen LogP contribution >= 0.6 is 0 Å². The highest BCUT2D eigenvalue weighted by Gasteiger charge is 2.21. The molecule has 5 nitrogen and oxygen atoms in total. The van der Waals surface area contributed by atoms with Crippen LogP contribution in [-0.2, 0) is 9.59 Å². The van der Waals surface area contributed by atoms with E-state index in [0.717, 1.165) is 0 Å². The van der Waals surface area contributed by atoms with Crippen molar-refractivity contribution in [2.45, 2.75) is 20.8 Å². The Bertz CT molecular complexity index is 209. The van der Waals surface area contributed by atoms with Gasteiger partial charge in [0.05, 0.1) is 13.2 Å². The number of carbonyl (C=O) groups is 2. The highest BCUT2D eigenvalue weighted by atomic mass is 16.3. The van der Waals surface area contributed by atoms with Crippen molar-refractivity contribution in [1.82, 2.24) is 10.6 Å². The van der Waals surface area contributed by atoms with E-state index in [4.69, 9.17) is 5.11 Å². The molecule has 82 valence electrons. The molecule has 0 unspecified atom stereocenters. The summed E-state index contributed by atoms with van der Waals surface area (Å²) in [5, 5.41) is 13.4. The average molecular weight is 202 g/mol. The molecule has 0 aliphatic carbocycles. The van der Waals surface area contributed by atoms with Gasteiger partial charge in [-0.1, -0.05) is 20.8 Å². The number of rotatable bonds is 4. The molecule has 5 heteroatoms. The second kappa shape index (κ2) is 5.59. The molecule has 0 aromatic rings. The van der Waals surface area contributed by atoms with Crippen LogP contribution in [0, 0.1) is 5.41 Å². The lowest BCUT2D eigenvalue weighted by Crippen LogP contribution is -2.42. The van der Waals surface area contributed by atoms with Crippen LogP contribution < -0.4 is 10.6 Å². The van der Waals surface area contributed by atoms with Crippen molar-refractivity contribution in [2.75, 3.05) is 19.7 Å². The molecule has 0 aromatic heterocycles. The molecule has 0 aliphatic heterocycles. The van der Waals surface area contributed by atoms with Gasteiger partial charge in [-0.2, -0.15) is 0 Å². The SMILES string of the molecule is CC(C)(C)C(=O)NCC(=O)NCCO. The number of nitrogens with one attached hydrogen (secondary N) is 2. The van der Waals surface area contributed by atoms with Gasteiger partial charge in [-0.3, -0.25) is 9.59 Å². The van der Waals surface area contributed by atoms with E-state index < -0.39 is 5.41 Å². The van der Waals surface area contributed by atoms with Crippen molar-refractivity contribution in [3.05, 3.63) is 0 Å². The lowest BCUT2D eigenvalue weighted by molar-refractivity contribution is -0.131. The Morgan fingerprint density at radius 3 is 2.21 bits per heavy atom. The third-order valence-electron chi connectivity index (χ3n) is 1.52. The van der Waals surface area contributed by atoms with E-state index in [-0.39, 0.29) is 31.5 Å². The second-order valence-electron chi connectivity index (χ2n) is 4.01. The smallest absolute Gasteiger partial charge is 0.239 e. The highest BCUT2D eigenvalue weighted by Crippen LogP contribution is 2.11. The second-order valence-corrected chi connectivity index (χ2v) is 4.01. The molecule has 0 atom stereocenters. The standard InChI is InChI=1S/C9H18N2O3/c1-9(2,3)8(14)11-6-7(13)10-4-5-12/h12H,4-6H2,1-3H3,(H,10,13)(H,11,14). The molecule has 3 N–H and O–H groups in total. The average Bonchev–Trinajstić information content (AvgIpc) is 2.09. The Morgan fingerprint density at radius 2 is 1.79 bits per heavy atom. The first-order valence-corrected chi connectivity index (χ1v) is 4.54. The molecule has 0 radical (unpaired) electrons. The first-order valence-electron chi connectivity index (χ1n) is 4.54. The van der Waals surface area contributed by atoms with Crippen LogP contribution in [-0.4, -0.2) is 36.6 Å². The number of amides is 2. The van der Waals surface area contributed by atoms with Gasteiger partial charge in [0.15, 0.2) is 0 Å². The number of hydrogen-bond donors (Lipinski definition) is 3. The summed E-state index contributed by atoms with van der Waals surface area (Å²) in [6.07, 6.45) is 0. The Labute approximate surface area is 83.9 Å². The van der Waals surface area contributed by atoms with E-state index >= 15 is 0 Å². The van der Waals surface area contributed by atoms with Crippen LogP contribution in [0.1, 0.15) is 20.8 Å². The molecule has 0 heterocycles. The predicted molar refractivity (Wildman–Crippen MR) is 52.6 cm³/mol. The van der Waals surface area contributed by atoms with E-state index in [2.05, 4.69) is 10.6 Å². The lowest BCUT2D eigenvalue weighted by Gasteiger charge is -2.17. The maximum atomic E-state index is 11.3. The minimum Gasteiger partial charge on any atom is -0.395 e.